The molecule has 0 fully saturated rings. The van der Waals surface area contributed by atoms with Crippen molar-refractivity contribution in [1.29, 1.82) is 0 Å². The molecule has 0 aliphatic heterocycles. The van der Waals surface area contributed by atoms with E-state index < -0.39 is 0 Å². The van der Waals surface area contributed by atoms with Crippen molar-refractivity contribution >= 4 is 11.6 Å². The number of hydrogen-bond acceptors (Lipinski definition) is 8. The van der Waals surface area contributed by atoms with Gasteiger partial charge in [-0.3, -0.25) is 9.59 Å². The molecule has 0 unspecified atom stereocenters. The molecule has 83 valence electrons. The third-order valence-corrected chi connectivity index (χ3v) is 0.498. The van der Waals surface area contributed by atoms with Crippen molar-refractivity contribution in [2.75, 3.05) is 0 Å². The predicted molar refractivity (Wildman–Crippen MR) is 44.3 cm³/mol. The van der Waals surface area contributed by atoms with E-state index in [0.717, 1.165) is 10.7 Å². The maximum absolute atomic E-state index is 10.0. The monoisotopic (exact) mass is 251 g/mol. The van der Waals surface area contributed by atoms with Crippen LogP contribution in [0.1, 0.15) is 20.3 Å². The van der Waals surface area contributed by atoms with E-state index in [1.165, 1.54) is 13.8 Å². The van der Waals surface area contributed by atoms with Crippen molar-refractivity contribution < 1.29 is 26.4 Å². The Labute approximate surface area is 89.7 Å². The summed E-state index contributed by atoms with van der Waals surface area (Å²) in [4.78, 5) is 36.1. The molecule has 8 nitrogen and oxygen atoms in total. The van der Waals surface area contributed by atoms with Gasteiger partial charge in [-0.25, -0.2) is 0 Å². The van der Waals surface area contributed by atoms with Crippen molar-refractivity contribution in [3.63, 3.8) is 0 Å². The summed E-state index contributed by atoms with van der Waals surface area (Å²) in [6.07, 6.45) is 0.0833. The zero-order valence-corrected chi connectivity index (χ0v) is 8.43. The second-order valence-electron chi connectivity index (χ2n) is 1.73. The van der Waals surface area contributed by atoms with Gasteiger partial charge < -0.3 is 20.2 Å². The Morgan fingerprint density at radius 1 is 1.00 bits per heavy atom. The molecule has 0 N–H and O–H groups in total. The van der Waals surface area contributed by atoms with Crippen LogP contribution >= 0.6 is 0 Å². The Bertz CT molecular complexity index is 156. The van der Waals surface area contributed by atoms with Crippen LogP contribution < -0.4 is 0 Å². The predicted octanol–water partition coefficient (Wildman–Crippen LogP) is 1.05. The molecule has 0 aromatic rings. The summed E-state index contributed by atoms with van der Waals surface area (Å²) in [5.74, 6) is -0.125. The minimum absolute atomic E-state index is 0. The topological polar surface area (TPSA) is 139 Å². The van der Waals surface area contributed by atoms with Crippen molar-refractivity contribution in [1.82, 2.24) is 0 Å². The number of ketones is 2. The molecule has 0 amide bonds. The third-order valence-electron chi connectivity index (χ3n) is 0.498. The van der Waals surface area contributed by atoms with E-state index in [1.54, 1.807) is 0 Å². The summed E-state index contributed by atoms with van der Waals surface area (Å²) in [5, 5.41) is 18.0. The molecule has 0 aromatic heterocycles. The van der Waals surface area contributed by atoms with E-state index in [0.29, 0.717) is 0 Å². The molecule has 0 aliphatic rings. The van der Waals surface area contributed by atoms with Crippen molar-refractivity contribution in [3.8, 4) is 0 Å². The second-order valence-corrected chi connectivity index (χ2v) is 1.73. The van der Waals surface area contributed by atoms with Gasteiger partial charge in [0.05, 0.1) is 6.42 Å². The maximum Gasteiger partial charge on any atom is 2.00 e. The van der Waals surface area contributed by atoms with Gasteiger partial charge in [-0.2, -0.15) is 0 Å². The molecule has 0 atom stereocenters. The first kappa shape index (κ1) is 22.9. The maximum atomic E-state index is 10.0. The average Bonchev–Trinajstić information content (AvgIpc) is 1.86. The summed E-state index contributed by atoms with van der Waals surface area (Å²) in [6, 6.07) is 0. The van der Waals surface area contributed by atoms with Crippen LogP contribution in [-0.2, 0) is 26.4 Å². The molecule has 1 radical (unpaired) electrons. The standard InChI is InChI=1S/C5H8O2.Co.2HNO2/c1-4(6)3-5(2)7;;2*2-1-3/h3H2,1-2H3;;2*(H,2,3)/q;+2;;/p-2. The summed E-state index contributed by atoms with van der Waals surface area (Å²) in [5.41, 5.74) is 0. The molecule has 0 saturated carbocycles. The van der Waals surface area contributed by atoms with Crippen LogP contribution in [0.15, 0.2) is 10.7 Å². The molecule has 9 heteroatoms. The molecule has 0 spiro atoms. The second kappa shape index (κ2) is 22.6. The van der Waals surface area contributed by atoms with Gasteiger partial charge in [0.2, 0.25) is 0 Å². The van der Waals surface area contributed by atoms with Gasteiger partial charge >= 0.3 is 16.8 Å². The Morgan fingerprint density at radius 3 is 1.14 bits per heavy atom. The SMILES string of the molecule is CC(=O)CC(C)=O.O=N[O-].O=N[O-].[Co+2]. The Kier molecular flexibility index (Phi) is 37.0. The minimum atomic E-state index is -0.0625. The smallest absolute Gasteiger partial charge is 0.444 e. The Hall–Kier alpha value is -1.35. The number of hydrogen-bond donors (Lipinski definition) is 0. The quantitative estimate of drug-likeness (QED) is 0.408. The molecule has 0 aromatic carbocycles. The van der Waals surface area contributed by atoms with E-state index in [-0.39, 0.29) is 34.8 Å². The average molecular weight is 251 g/mol. The first-order valence-electron chi connectivity index (χ1n) is 2.85. The first-order valence-corrected chi connectivity index (χ1v) is 2.85. The summed E-state index contributed by atoms with van der Waals surface area (Å²) in [6.45, 7) is 2.81. The van der Waals surface area contributed by atoms with Gasteiger partial charge in [-0.1, -0.05) is 0 Å². The zero-order valence-electron chi connectivity index (χ0n) is 7.38. The zero-order chi connectivity index (χ0) is 11.3. The van der Waals surface area contributed by atoms with Crippen LogP contribution in [0.25, 0.3) is 0 Å². The number of rotatable bonds is 2. The van der Waals surface area contributed by atoms with E-state index in [4.69, 9.17) is 20.2 Å². The molecular weight excluding hydrogens is 243 g/mol. The van der Waals surface area contributed by atoms with Crippen LogP contribution in [0.4, 0.5) is 0 Å². The summed E-state index contributed by atoms with van der Waals surface area (Å²) >= 11 is 0. The largest absolute Gasteiger partial charge is 2.00 e. The molecule has 0 saturated heterocycles. The van der Waals surface area contributed by atoms with Gasteiger partial charge in [-0.05, 0) is 13.8 Å². The van der Waals surface area contributed by atoms with Crippen LogP contribution in [0, 0.1) is 20.2 Å². The van der Waals surface area contributed by atoms with Crippen LogP contribution in [-0.4, -0.2) is 11.6 Å². The molecular formula is C5H8CoN2O6. The normalized spacial score (nSPS) is 5.86. The van der Waals surface area contributed by atoms with Crippen molar-refractivity contribution in [2.24, 2.45) is 10.7 Å². The Morgan fingerprint density at radius 2 is 1.14 bits per heavy atom. The van der Waals surface area contributed by atoms with Gasteiger partial charge in [0, 0.05) is 0 Å². The summed E-state index contributed by atoms with van der Waals surface area (Å²) < 4.78 is 0. The van der Waals surface area contributed by atoms with Crippen LogP contribution in [0.2, 0.25) is 0 Å². The van der Waals surface area contributed by atoms with Gasteiger partial charge in [0.15, 0.2) is 0 Å². The van der Waals surface area contributed by atoms with Crippen LogP contribution in [0.5, 0.6) is 0 Å². The van der Waals surface area contributed by atoms with Crippen LogP contribution in [0.3, 0.4) is 0 Å². The number of carbonyl (C=O) groups excluding carboxylic acids is 2. The van der Waals surface area contributed by atoms with Gasteiger partial charge in [0.1, 0.15) is 11.6 Å². The van der Waals surface area contributed by atoms with Gasteiger partial charge in [0.25, 0.3) is 0 Å². The van der Waals surface area contributed by atoms with E-state index in [2.05, 4.69) is 0 Å². The molecule has 14 heavy (non-hydrogen) atoms. The number of nitrogens with zero attached hydrogens (tertiary/aromatic N) is 2. The third kappa shape index (κ3) is 141. The Balaban J connectivity index is -0.0000000610. The minimum Gasteiger partial charge on any atom is -0.444 e. The van der Waals surface area contributed by atoms with Crippen molar-refractivity contribution in [2.45, 2.75) is 20.3 Å². The fourth-order valence-electron chi connectivity index (χ4n) is 0.351. The van der Waals surface area contributed by atoms with E-state index >= 15 is 0 Å². The fraction of sp³-hybridized carbons (Fsp3) is 0.600. The van der Waals surface area contributed by atoms with Crippen molar-refractivity contribution in [3.05, 3.63) is 20.2 Å². The number of carbonyl (C=O) groups is 2. The summed E-state index contributed by atoms with van der Waals surface area (Å²) in [7, 11) is 0. The number of Topliss-reactive ketones (excluding diaryl/α,β-unsaturated/α-hetero) is 2. The van der Waals surface area contributed by atoms with Gasteiger partial charge in [-0.15, -0.1) is 10.7 Å². The molecule has 0 bridgehead atoms. The van der Waals surface area contributed by atoms with E-state index in [9.17, 15) is 9.59 Å². The fourth-order valence-corrected chi connectivity index (χ4v) is 0.351. The van der Waals surface area contributed by atoms with E-state index in [1.807, 2.05) is 0 Å². The first-order chi connectivity index (χ1) is 5.95. The molecule has 0 rings (SSSR count). The molecule has 0 aliphatic carbocycles. The molecule has 0 heterocycles.